The summed E-state index contributed by atoms with van der Waals surface area (Å²) in [6.07, 6.45) is -1.32. The number of hydrogen-bond acceptors (Lipinski definition) is 1. The maximum absolute atomic E-state index is 13.0. The Morgan fingerprint density at radius 2 is 1.68 bits per heavy atom. The van der Waals surface area contributed by atoms with Crippen molar-refractivity contribution in [3.63, 3.8) is 0 Å². The van der Waals surface area contributed by atoms with Gasteiger partial charge in [-0.2, -0.15) is 0 Å². The fraction of sp³-hybridized carbons (Fsp3) is 0.625. The second kappa shape index (κ2) is 6.47. The molecule has 2 unspecified atom stereocenters. The van der Waals surface area contributed by atoms with Crippen LogP contribution >= 0.6 is 0 Å². The maximum Gasteiger partial charge on any atom is 0.244 e. The lowest BCUT2D eigenvalue weighted by molar-refractivity contribution is -0.0798. The Morgan fingerprint density at radius 3 is 2.05 bits per heavy atom. The molecule has 2 atom stereocenters. The van der Waals surface area contributed by atoms with Crippen molar-refractivity contribution in [3.8, 4) is 0 Å². The first kappa shape index (κ1) is 16.1. The number of benzene rings is 1. The molecule has 0 saturated carbocycles. The van der Waals surface area contributed by atoms with Gasteiger partial charge < -0.3 is 5.11 Å². The highest BCUT2D eigenvalue weighted by molar-refractivity contribution is 5.27. The summed E-state index contributed by atoms with van der Waals surface area (Å²) in [5.41, 5.74) is 0.242. The molecule has 0 aromatic heterocycles. The van der Waals surface area contributed by atoms with Crippen LogP contribution in [0.2, 0.25) is 0 Å². The second-order valence-electron chi connectivity index (χ2n) is 5.79. The maximum atomic E-state index is 13.0. The van der Waals surface area contributed by atoms with E-state index in [1.807, 2.05) is 12.1 Å². The van der Waals surface area contributed by atoms with Gasteiger partial charge in [-0.05, 0) is 36.8 Å². The van der Waals surface area contributed by atoms with E-state index in [4.69, 9.17) is 0 Å². The quantitative estimate of drug-likeness (QED) is 0.813. The predicted octanol–water partition coefficient (Wildman–Crippen LogP) is 4.38. The summed E-state index contributed by atoms with van der Waals surface area (Å²) in [6.45, 7) is 7.42. The first-order chi connectivity index (χ1) is 8.78. The molecule has 1 N–H and O–H groups in total. The SMILES string of the molecule is CCC(C(F)F)C(C)(O)c1ccc(CC(C)C)cc1. The molecule has 0 aliphatic carbocycles. The molecule has 0 radical (unpaired) electrons. The van der Waals surface area contributed by atoms with Crippen LogP contribution in [0, 0.1) is 11.8 Å². The Morgan fingerprint density at radius 1 is 1.16 bits per heavy atom. The minimum atomic E-state index is -2.52. The first-order valence-electron chi connectivity index (χ1n) is 6.89. The van der Waals surface area contributed by atoms with Crippen molar-refractivity contribution in [3.05, 3.63) is 35.4 Å². The summed E-state index contributed by atoms with van der Waals surface area (Å²) < 4.78 is 25.9. The van der Waals surface area contributed by atoms with E-state index in [0.717, 1.165) is 6.42 Å². The van der Waals surface area contributed by atoms with Gasteiger partial charge in [-0.3, -0.25) is 0 Å². The molecule has 108 valence electrons. The van der Waals surface area contributed by atoms with Gasteiger partial charge in [-0.25, -0.2) is 8.78 Å². The van der Waals surface area contributed by atoms with Crippen molar-refractivity contribution >= 4 is 0 Å². The van der Waals surface area contributed by atoms with E-state index in [0.29, 0.717) is 11.5 Å². The Hall–Kier alpha value is -0.960. The zero-order valence-electron chi connectivity index (χ0n) is 12.2. The van der Waals surface area contributed by atoms with Gasteiger partial charge in [0.05, 0.1) is 11.5 Å². The van der Waals surface area contributed by atoms with E-state index in [1.165, 1.54) is 12.5 Å². The molecule has 0 amide bonds. The Kier molecular flexibility index (Phi) is 5.48. The molecule has 0 bridgehead atoms. The average molecular weight is 270 g/mol. The predicted molar refractivity (Wildman–Crippen MR) is 74.3 cm³/mol. The molecule has 1 aromatic rings. The van der Waals surface area contributed by atoms with Gasteiger partial charge >= 0.3 is 0 Å². The summed E-state index contributed by atoms with van der Waals surface area (Å²) in [7, 11) is 0. The zero-order chi connectivity index (χ0) is 14.6. The van der Waals surface area contributed by atoms with Gasteiger partial charge in [-0.15, -0.1) is 0 Å². The summed E-state index contributed by atoms with van der Waals surface area (Å²) in [4.78, 5) is 0. The lowest BCUT2D eigenvalue weighted by Gasteiger charge is -2.32. The van der Waals surface area contributed by atoms with Crippen molar-refractivity contribution < 1.29 is 13.9 Å². The topological polar surface area (TPSA) is 20.2 Å². The third-order valence-corrected chi connectivity index (χ3v) is 3.65. The zero-order valence-corrected chi connectivity index (χ0v) is 12.2. The molecule has 1 rings (SSSR count). The molecular formula is C16H24F2O. The van der Waals surface area contributed by atoms with Crippen LogP contribution in [0.1, 0.15) is 45.2 Å². The average Bonchev–Trinajstić information content (AvgIpc) is 2.28. The minimum absolute atomic E-state index is 0.248. The summed E-state index contributed by atoms with van der Waals surface area (Å²) in [5.74, 6) is -0.487. The fourth-order valence-electron chi connectivity index (χ4n) is 2.48. The van der Waals surface area contributed by atoms with E-state index in [9.17, 15) is 13.9 Å². The highest BCUT2D eigenvalue weighted by Gasteiger charge is 2.38. The number of hydrogen-bond donors (Lipinski definition) is 1. The lowest BCUT2D eigenvalue weighted by atomic mass is 9.81. The number of rotatable bonds is 6. The van der Waals surface area contributed by atoms with Crippen molar-refractivity contribution in [2.75, 3.05) is 0 Å². The third-order valence-electron chi connectivity index (χ3n) is 3.65. The number of alkyl halides is 2. The standard InChI is InChI=1S/C16H24F2O/c1-5-14(15(17)18)16(4,19)13-8-6-12(7-9-13)10-11(2)3/h6-9,11,14-15,19H,5,10H2,1-4H3. The molecule has 0 saturated heterocycles. The first-order valence-corrected chi connectivity index (χ1v) is 6.89. The highest BCUT2D eigenvalue weighted by Crippen LogP contribution is 2.35. The Labute approximate surface area is 114 Å². The normalized spacial score (nSPS) is 16.7. The third kappa shape index (κ3) is 4.00. The van der Waals surface area contributed by atoms with E-state index in [-0.39, 0.29) is 6.42 Å². The van der Waals surface area contributed by atoms with Crippen LogP contribution in [-0.2, 0) is 12.0 Å². The van der Waals surface area contributed by atoms with Gasteiger partial charge in [-0.1, -0.05) is 45.0 Å². The minimum Gasteiger partial charge on any atom is -0.385 e. The van der Waals surface area contributed by atoms with Crippen molar-refractivity contribution in [1.29, 1.82) is 0 Å². The van der Waals surface area contributed by atoms with Gasteiger partial charge in [0.25, 0.3) is 0 Å². The molecule has 3 heteroatoms. The number of aliphatic hydroxyl groups is 1. The van der Waals surface area contributed by atoms with Crippen LogP contribution in [0.4, 0.5) is 8.78 Å². The molecule has 19 heavy (non-hydrogen) atoms. The van der Waals surface area contributed by atoms with Gasteiger partial charge in [0, 0.05) is 0 Å². The van der Waals surface area contributed by atoms with Crippen LogP contribution in [-0.4, -0.2) is 11.5 Å². The van der Waals surface area contributed by atoms with E-state index >= 15 is 0 Å². The van der Waals surface area contributed by atoms with Crippen LogP contribution in [0.15, 0.2) is 24.3 Å². The Bertz CT molecular complexity index is 382. The van der Waals surface area contributed by atoms with Crippen LogP contribution in [0.25, 0.3) is 0 Å². The smallest absolute Gasteiger partial charge is 0.244 e. The van der Waals surface area contributed by atoms with E-state index in [2.05, 4.69) is 13.8 Å². The molecular weight excluding hydrogens is 246 g/mol. The Balaban J connectivity index is 2.95. The second-order valence-corrected chi connectivity index (χ2v) is 5.79. The molecule has 0 aliphatic rings. The molecule has 0 aliphatic heterocycles. The van der Waals surface area contributed by atoms with Crippen LogP contribution in [0.5, 0.6) is 0 Å². The van der Waals surface area contributed by atoms with Gasteiger partial charge in [0.1, 0.15) is 0 Å². The highest BCUT2D eigenvalue weighted by atomic mass is 19.3. The van der Waals surface area contributed by atoms with Crippen LogP contribution < -0.4 is 0 Å². The lowest BCUT2D eigenvalue weighted by Crippen LogP contribution is -2.36. The summed E-state index contributed by atoms with van der Waals surface area (Å²) in [6, 6.07) is 7.37. The fourth-order valence-corrected chi connectivity index (χ4v) is 2.48. The summed E-state index contributed by atoms with van der Waals surface area (Å²) >= 11 is 0. The molecule has 0 fully saturated rings. The van der Waals surface area contributed by atoms with Crippen molar-refractivity contribution in [1.82, 2.24) is 0 Å². The monoisotopic (exact) mass is 270 g/mol. The molecule has 1 nitrogen and oxygen atoms in total. The largest absolute Gasteiger partial charge is 0.385 e. The van der Waals surface area contributed by atoms with Crippen molar-refractivity contribution in [2.45, 2.75) is 52.6 Å². The van der Waals surface area contributed by atoms with Crippen LogP contribution in [0.3, 0.4) is 0 Å². The number of halogens is 2. The molecule has 1 aromatic carbocycles. The van der Waals surface area contributed by atoms with Gasteiger partial charge in [0.15, 0.2) is 0 Å². The van der Waals surface area contributed by atoms with Crippen molar-refractivity contribution in [2.24, 2.45) is 11.8 Å². The van der Waals surface area contributed by atoms with E-state index in [1.54, 1.807) is 19.1 Å². The summed E-state index contributed by atoms with van der Waals surface area (Å²) in [5, 5.41) is 10.4. The molecule has 0 heterocycles. The molecule has 0 spiro atoms. The van der Waals surface area contributed by atoms with Gasteiger partial charge in [0.2, 0.25) is 6.43 Å². The van der Waals surface area contributed by atoms with E-state index < -0.39 is 17.9 Å².